The van der Waals surface area contributed by atoms with Gasteiger partial charge in [-0.25, -0.2) is 4.98 Å². The van der Waals surface area contributed by atoms with E-state index in [0.717, 1.165) is 18.6 Å². The molecule has 2 aromatic rings. The molecule has 1 saturated heterocycles. The lowest BCUT2D eigenvalue weighted by Crippen LogP contribution is -2.42. The van der Waals surface area contributed by atoms with E-state index in [1.807, 2.05) is 29.2 Å². The molecule has 6 heteroatoms. The van der Waals surface area contributed by atoms with Crippen molar-refractivity contribution in [1.29, 1.82) is 0 Å². The van der Waals surface area contributed by atoms with Crippen molar-refractivity contribution in [3.8, 4) is 11.6 Å². The number of benzene rings is 1. The molecule has 1 amide bonds. The highest BCUT2D eigenvalue weighted by molar-refractivity contribution is 6.30. The van der Waals surface area contributed by atoms with E-state index in [2.05, 4.69) is 4.98 Å². The van der Waals surface area contributed by atoms with E-state index in [4.69, 9.17) is 21.1 Å². The molecule has 0 bridgehead atoms. The minimum Gasteiger partial charge on any atom is -0.490 e. The van der Waals surface area contributed by atoms with Crippen LogP contribution in [0.5, 0.6) is 11.6 Å². The fourth-order valence-corrected chi connectivity index (χ4v) is 2.82. The van der Waals surface area contributed by atoms with E-state index in [-0.39, 0.29) is 12.0 Å². The van der Waals surface area contributed by atoms with Crippen LogP contribution in [0.3, 0.4) is 0 Å². The molecular weight excluding hydrogens is 328 g/mol. The SMILES string of the molecule is COc1cccc(C(=O)N2CCC(Oc3ccc(Cl)cc3)CC2)n1. The first kappa shape index (κ1) is 16.6. The predicted molar refractivity (Wildman–Crippen MR) is 91.8 cm³/mol. The average Bonchev–Trinajstić information content (AvgIpc) is 2.64. The molecule has 2 heterocycles. The number of carbonyl (C=O) groups excluding carboxylic acids is 1. The molecule has 0 saturated carbocycles. The Morgan fingerprint density at radius 3 is 2.54 bits per heavy atom. The molecule has 0 N–H and O–H groups in total. The van der Waals surface area contributed by atoms with Crippen molar-refractivity contribution in [3.05, 3.63) is 53.2 Å². The number of methoxy groups -OCH3 is 1. The van der Waals surface area contributed by atoms with Crippen LogP contribution in [-0.2, 0) is 0 Å². The summed E-state index contributed by atoms with van der Waals surface area (Å²) in [6, 6.07) is 12.5. The van der Waals surface area contributed by atoms with Crippen molar-refractivity contribution < 1.29 is 14.3 Å². The van der Waals surface area contributed by atoms with Crippen molar-refractivity contribution in [2.24, 2.45) is 0 Å². The topological polar surface area (TPSA) is 51.7 Å². The number of hydrogen-bond donors (Lipinski definition) is 0. The summed E-state index contributed by atoms with van der Waals surface area (Å²) in [7, 11) is 1.54. The van der Waals surface area contributed by atoms with Crippen molar-refractivity contribution in [2.75, 3.05) is 20.2 Å². The van der Waals surface area contributed by atoms with Gasteiger partial charge in [0.25, 0.3) is 5.91 Å². The molecule has 0 aliphatic carbocycles. The maximum Gasteiger partial charge on any atom is 0.272 e. The van der Waals surface area contributed by atoms with E-state index in [0.29, 0.717) is 29.7 Å². The standard InChI is InChI=1S/C18H19ClN2O3/c1-23-17-4-2-3-16(20-17)18(22)21-11-9-15(10-12-21)24-14-7-5-13(19)6-8-14/h2-8,15H,9-12H2,1H3. The number of rotatable bonds is 4. The highest BCUT2D eigenvalue weighted by Crippen LogP contribution is 2.22. The summed E-state index contributed by atoms with van der Waals surface area (Å²) in [4.78, 5) is 18.5. The fourth-order valence-electron chi connectivity index (χ4n) is 2.69. The highest BCUT2D eigenvalue weighted by Gasteiger charge is 2.25. The molecule has 0 radical (unpaired) electrons. The molecular formula is C18H19ClN2O3. The van der Waals surface area contributed by atoms with Gasteiger partial charge in [-0.3, -0.25) is 4.79 Å². The summed E-state index contributed by atoms with van der Waals surface area (Å²) in [6.07, 6.45) is 1.69. The number of hydrogen-bond acceptors (Lipinski definition) is 4. The number of pyridine rings is 1. The number of carbonyl (C=O) groups is 1. The molecule has 0 unspecified atom stereocenters. The van der Waals surface area contributed by atoms with Crippen LogP contribution in [0.25, 0.3) is 0 Å². The van der Waals surface area contributed by atoms with E-state index in [1.54, 1.807) is 18.2 Å². The smallest absolute Gasteiger partial charge is 0.272 e. The average molecular weight is 347 g/mol. The minimum absolute atomic E-state index is 0.0705. The number of ether oxygens (including phenoxy) is 2. The van der Waals surface area contributed by atoms with E-state index >= 15 is 0 Å². The number of halogens is 1. The van der Waals surface area contributed by atoms with Gasteiger partial charge in [0.15, 0.2) is 0 Å². The lowest BCUT2D eigenvalue weighted by Gasteiger charge is -2.32. The summed E-state index contributed by atoms with van der Waals surface area (Å²) < 4.78 is 11.0. The Bertz CT molecular complexity index is 698. The summed E-state index contributed by atoms with van der Waals surface area (Å²) >= 11 is 5.87. The molecule has 3 rings (SSSR count). The first-order valence-corrected chi connectivity index (χ1v) is 8.26. The number of likely N-dealkylation sites (tertiary alicyclic amines) is 1. The van der Waals surface area contributed by atoms with Crippen LogP contribution < -0.4 is 9.47 Å². The fraction of sp³-hybridized carbons (Fsp3) is 0.333. The van der Waals surface area contributed by atoms with Gasteiger partial charge in [0.2, 0.25) is 5.88 Å². The third kappa shape index (κ3) is 3.97. The van der Waals surface area contributed by atoms with Crippen LogP contribution in [0, 0.1) is 0 Å². The van der Waals surface area contributed by atoms with Crippen LogP contribution >= 0.6 is 11.6 Å². The van der Waals surface area contributed by atoms with Crippen molar-refractivity contribution >= 4 is 17.5 Å². The third-order valence-corrected chi connectivity index (χ3v) is 4.25. The van der Waals surface area contributed by atoms with Crippen LogP contribution in [0.1, 0.15) is 23.3 Å². The molecule has 0 spiro atoms. The molecule has 1 aromatic heterocycles. The highest BCUT2D eigenvalue weighted by atomic mass is 35.5. The number of piperidine rings is 1. The summed E-state index contributed by atoms with van der Waals surface area (Å²) in [5, 5.41) is 0.688. The zero-order valence-corrected chi connectivity index (χ0v) is 14.2. The zero-order chi connectivity index (χ0) is 16.9. The molecule has 1 aliphatic heterocycles. The van der Waals surface area contributed by atoms with E-state index < -0.39 is 0 Å². The van der Waals surface area contributed by atoms with Gasteiger partial charge in [0.05, 0.1) is 7.11 Å². The van der Waals surface area contributed by atoms with Crippen molar-refractivity contribution in [3.63, 3.8) is 0 Å². The minimum atomic E-state index is -0.0705. The van der Waals surface area contributed by atoms with Gasteiger partial charge in [0.1, 0.15) is 17.5 Å². The maximum absolute atomic E-state index is 12.5. The van der Waals surface area contributed by atoms with Crippen LogP contribution in [0.2, 0.25) is 5.02 Å². The van der Waals surface area contributed by atoms with Crippen molar-refractivity contribution in [2.45, 2.75) is 18.9 Å². The first-order chi connectivity index (χ1) is 11.7. The molecule has 1 aliphatic rings. The maximum atomic E-state index is 12.5. The summed E-state index contributed by atoms with van der Waals surface area (Å²) in [5.74, 6) is 1.18. The molecule has 1 aromatic carbocycles. The van der Waals surface area contributed by atoms with Gasteiger partial charge < -0.3 is 14.4 Å². The molecule has 5 nitrogen and oxygen atoms in total. The largest absolute Gasteiger partial charge is 0.490 e. The Labute approximate surface area is 146 Å². The van der Waals surface area contributed by atoms with Crippen LogP contribution in [-0.4, -0.2) is 42.1 Å². The normalized spacial score (nSPS) is 15.2. The first-order valence-electron chi connectivity index (χ1n) is 7.88. The van der Waals surface area contributed by atoms with Crippen molar-refractivity contribution in [1.82, 2.24) is 9.88 Å². The Balaban J connectivity index is 1.56. The summed E-state index contributed by atoms with van der Waals surface area (Å²) in [6.45, 7) is 1.30. The second-order valence-electron chi connectivity index (χ2n) is 5.63. The van der Waals surface area contributed by atoms with Gasteiger partial charge in [-0.2, -0.15) is 0 Å². The number of nitrogens with zero attached hydrogens (tertiary/aromatic N) is 2. The molecule has 0 atom stereocenters. The van der Waals surface area contributed by atoms with Gasteiger partial charge in [-0.05, 0) is 30.3 Å². The lowest BCUT2D eigenvalue weighted by molar-refractivity contribution is 0.0589. The summed E-state index contributed by atoms with van der Waals surface area (Å²) in [5.41, 5.74) is 0.409. The van der Waals surface area contributed by atoms with Gasteiger partial charge in [-0.1, -0.05) is 17.7 Å². The second-order valence-corrected chi connectivity index (χ2v) is 6.06. The predicted octanol–water partition coefficient (Wildman–Crippen LogP) is 3.43. The molecule has 24 heavy (non-hydrogen) atoms. The quantitative estimate of drug-likeness (QED) is 0.851. The zero-order valence-electron chi connectivity index (χ0n) is 13.4. The molecule has 126 valence electrons. The van der Waals surface area contributed by atoms with Gasteiger partial charge >= 0.3 is 0 Å². The Kier molecular flexibility index (Phi) is 5.20. The van der Waals surface area contributed by atoms with Gasteiger partial charge in [0, 0.05) is 37.0 Å². The third-order valence-electron chi connectivity index (χ3n) is 4.00. The number of amides is 1. The van der Waals surface area contributed by atoms with Crippen LogP contribution in [0.15, 0.2) is 42.5 Å². The molecule has 1 fully saturated rings. The Hall–Kier alpha value is -2.27. The van der Waals surface area contributed by atoms with E-state index in [1.165, 1.54) is 7.11 Å². The monoisotopic (exact) mass is 346 g/mol. The Morgan fingerprint density at radius 2 is 1.88 bits per heavy atom. The van der Waals surface area contributed by atoms with Crippen LogP contribution in [0.4, 0.5) is 0 Å². The second kappa shape index (κ2) is 7.53. The number of aromatic nitrogens is 1. The van der Waals surface area contributed by atoms with E-state index in [9.17, 15) is 4.79 Å². The lowest BCUT2D eigenvalue weighted by atomic mass is 10.1. The van der Waals surface area contributed by atoms with Gasteiger partial charge in [-0.15, -0.1) is 0 Å². The Morgan fingerprint density at radius 1 is 1.17 bits per heavy atom.